The minimum atomic E-state index is -3.40. The molecule has 1 saturated carbocycles. The summed E-state index contributed by atoms with van der Waals surface area (Å²) < 4.78 is 51.9. The summed E-state index contributed by atoms with van der Waals surface area (Å²) in [7, 11) is -1.99. The lowest BCUT2D eigenvalue weighted by Crippen LogP contribution is -2.32. The van der Waals surface area contributed by atoms with Crippen molar-refractivity contribution >= 4 is 10.0 Å². The Balaban J connectivity index is 2.30. The number of sulfonamides is 1. The first-order chi connectivity index (χ1) is 8.34. The smallest absolute Gasteiger partial charge is 0.212 e. The van der Waals surface area contributed by atoms with E-state index >= 15 is 0 Å². The third-order valence-electron chi connectivity index (χ3n) is 3.30. The van der Waals surface area contributed by atoms with Crippen LogP contribution in [0.15, 0.2) is 18.2 Å². The molecular formula is C12H15F2NO2S. The van der Waals surface area contributed by atoms with Crippen LogP contribution in [0.2, 0.25) is 0 Å². The molecule has 0 amide bonds. The van der Waals surface area contributed by atoms with Crippen LogP contribution in [-0.2, 0) is 10.0 Å². The highest BCUT2D eigenvalue weighted by molar-refractivity contribution is 7.90. The molecule has 0 aromatic heterocycles. The summed E-state index contributed by atoms with van der Waals surface area (Å²) in [5.41, 5.74) is 0.0572. The highest BCUT2D eigenvalue weighted by atomic mass is 32.2. The van der Waals surface area contributed by atoms with Crippen LogP contribution in [0, 0.1) is 11.6 Å². The van der Waals surface area contributed by atoms with E-state index in [2.05, 4.69) is 0 Å². The molecule has 1 fully saturated rings. The Morgan fingerprint density at radius 1 is 1.33 bits per heavy atom. The molecule has 0 unspecified atom stereocenters. The molecule has 0 spiro atoms. The van der Waals surface area contributed by atoms with E-state index < -0.39 is 27.7 Å². The van der Waals surface area contributed by atoms with Gasteiger partial charge in [0.05, 0.1) is 5.25 Å². The zero-order valence-corrected chi connectivity index (χ0v) is 11.0. The fourth-order valence-corrected chi connectivity index (χ4v) is 3.61. The molecular weight excluding hydrogens is 260 g/mol. The molecule has 0 bridgehead atoms. The van der Waals surface area contributed by atoms with E-state index in [1.165, 1.54) is 7.05 Å². The Bertz CT molecular complexity index is 555. The average Bonchev–Trinajstić information content (AvgIpc) is 3.14. The van der Waals surface area contributed by atoms with Crippen molar-refractivity contribution in [2.24, 2.45) is 0 Å². The van der Waals surface area contributed by atoms with Gasteiger partial charge in [-0.3, -0.25) is 0 Å². The molecule has 0 radical (unpaired) electrons. The maximum Gasteiger partial charge on any atom is 0.217 e. The van der Waals surface area contributed by atoms with Crippen molar-refractivity contribution in [3.05, 3.63) is 35.4 Å². The SMILES string of the molecule is C[C@H](c1cc(F)ccc1F)N(C)S(=O)(=O)C1CC1. The summed E-state index contributed by atoms with van der Waals surface area (Å²) in [6.45, 7) is 1.55. The predicted octanol–water partition coefficient (Wildman–Crippen LogP) is 2.45. The lowest BCUT2D eigenvalue weighted by atomic mass is 10.1. The largest absolute Gasteiger partial charge is 0.217 e. The van der Waals surface area contributed by atoms with Crippen LogP contribution < -0.4 is 0 Å². The van der Waals surface area contributed by atoms with Gasteiger partial charge >= 0.3 is 0 Å². The summed E-state index contributed by atoms with van der Waals surface area (Å²) >= 11 is 0. The van der Waals surface area contributed by atoms with E-state index in [0.717, 1.165) is 22.5 Å². The summed E-state index contributed by atoms with van der Waals surface area (Å²) in [4.78, 5) is 0. The second kappa shape index (κ2) is 4.59. The van der Waals surface area contributed by atoms with Crippen LogP contribution in [0.5, 0.6) is 0 Å². The van der Waals surface area contributed by atoms with Crippen molar-refractivity contribution < 1.29 is 17.2 Å². The minimum Gasteiger partial charge on any atom is -0.212 e. The number of hydrogen-bond donors (Lipinski definition) is 0. The number of halogens is 2. The minimum absolute atomic E-state index is 0.0572. The zero-order valence-electron chi connectivity index (χ0n) is 10.2. The van der Waals surface area contributed by atoms with Crippen molar-refractivity contribution in [3.8, 4) is 0 Å². The maximum absolute atomic E-state index is 13.6. The molecule has 1 aromatic rings. The number of nitrogens with zero attached hydrogens (tertiary/aromatic N) is 1. The second-order valence-corrected chi connectivity index (χ2v) is 6.87. The van der Waals surface area contributed by atoms with Gasteiger partial charge in [0.25, 0.3) is 0 Å². The molecule has 1 aliphatic rings. The molecule has 0 N–H and O–H groups in total. The highest BCUT2D eigenvalue weighted by Gasteiger charge is 2.40. The molecule has 0 saturated heterocycles. The van der Waals surface area contributed by atoms with Crippen molar-refractivity contribution in [1.29, 1.82) is 0 Å². The van der Waals surface area contributed by atoms with E-state index in [4.69, 9.17) is 0 Å². The maximum atomic E-state index is 13.6. The molecule has 0 aliphatic heterocycles. The Hall–Kier alpha value is -1.01. The molecule has 1 aliphatic carbocycles. The van der Waals surface area contributed by atoms with Crippen LogP contribution in [0.4, 0.5) is 8.78 Å². The van der Waals surface area contributed by atoms with Gasteiger partial charge in [-0.15, -0.1) is 0 Å². The Morgan fingerprint density at radius 3 is 2.50 bits per heavy atom. The number of benzene rings is 1. The quantitative estimate of drug-likeness (QED) is 0.846. The lowest BCUT2D eigenvalue weighted by Gasteiger charge is -2.25. The summed E-state index contributed by atoms with van der Waals surface area (Å²) in [6, 6.07) is 2.35. The van der Waals surface area contributed by atoms with E-state index in [1.54, 1.807) is 6.92 Å². The first kappa shape index (κ1) is 13.4. The molecule has 100 valence electrons. The second-order valence-electron chi connectivity index (χ2n) is 4.60. The average molecular weight is 275 g/mol. The topological polar surface area (TPSA) is 37.4 Å². The molecule has 1 aromatic carbocycles. The Kier molecular flexibility index (Phi) is 3.42. The van der Waals surface area contributed by atoms with Gasteiger partial charge in [-0.25, -0.2) is 17.2 Å². The standard InChI is InChI=1S/C12H15F2NO2S/c1-8(11-7-9(13)3-6-12(11)14)15(2)18(16,17)10-4-5-10/h3,6-8,10H,4-5H2,1-2H3/t8-/m1/s1. The third-order valence-corrected chi connectivity index (χ3v) is 5.73. The summed E-state index contributed by atoms with van der Waals surface area (Å²) in [5.74, 6) is -1.17. The van der Waals surface area contributed by atoms with Crippen LogP contribution in [0.25, 0.3) is 0 Å². The Morgan fingerprint density at radius 2 is 1.94 bits per heavy atom. The Labute approximate surface area is 105 Å². The summed E-state index contributed by atoms with van der Waals surface area (Å²) in [5, 5.41) is -0.360. The highest BCUT2D eigenvalue weighted by Crippen LogP contribution is 2.34. The van der Waals surface area contributed by atoms with Gasteiger partial charge in [0.1, 0.15) is 11.6 Å². The molecule has 2 rings (SSSR count). The van der Waals surface area contributed by atoms with Crippen LogP contribution in [0.1, 0.15) is 31.4 Å². The first-order valence-corrected chi connectivity index (χ1v) is 7.26. The summed E-state index contributed by atoms with van der Waals surface area (Å²) in [6.07, 6.45) is 1.29. The fourth-order valence-electron chi connectivity index (χ4n) is 1.85. The van der Waals surface area contributed by atoms with Gasteiger partial charge in [-0.1, -0.05) is 0 Å². The van der Waals surface area contributed by atoms with Gasteiger partial charge in [0.15, 0.2) is 0 Å². The first-order valence-electron chi connectivity index (χ1n) is 5.76. The monoisotopic (exact) mass is 275 g/mol. The van der Waals surface area contributed by atoms with Crippen molar-refractivity contribution in [2.75, 3.05) is 7.05 Å². The van der Waals surface area contributed by atoms with E-state index in [-0.39, 0.29) is 10.8 Å². The molecule has 18 heavy (non-hydrogen) atoms. The van der Waals surface area contributed by atoms with E-state index in [0.29, 0.717) is 12.8 Å². The molecule has 3 nitrogen and oxygen atoms in total. The normalized spacial score (nSPS) is 18.1. The van der Waals surface area contributed by atoms with Crippen molar-refractivity contribution in [2.45, 2.75) is 31.1 Å². The van der Waals surface area contributed by atoms with Crippen molar-refractivity contribution in [1.82, 2.24) is 4.31 Å². The third kappa shape index (κ3) is 2.40. The van der Waals surface area contributed by atoms with Gasteiger partial charge < -0.3 is 0 Å². The predicted molar refractivity (Wildman–Crippen MR) is 64.5 cm³/mol. The van der Waals surface area contributed by atoms with Gasteiger partial charge in [-0.05, 0) is 38.0 Å². The van der Waals surface area contributed by atoms with Gasteiger partial charge in [-0.2, -0.15) is 4.31 Å². The molecule has 6 heteroatoms. The van der Waals surface area contributed by atoms with Crippen LogP contribution in [0.3, 0.4) is 0 Å². The van der Waals surface area contributed by atoms with Crippen LogP contribution in [-0.4, -0.2) is 25.0 Å². The van der Waals surface area contributed by atoms with Crippen LogP contribution >= 0.6 is 0 Å². The fraction of sp³-hybridized carbons (Fsp3) is 0.500. The van der Waals surface area contributed by atoms with Gasteiger partial charge in [0, 0.05) is 18.7 Å². The van der Waals surface area contributed by atoms with Crippen molar-refractivity contribution in [3.63, 3.8) is 0 Å². The molecule has 1 atom stereocenters. The molecule has 0 heterocycles. The zero-order chi connectivity index (χ0) is 13.5. The number of hydrogen-bond acceptors (Lipinski definition) is 2. The lowest BCUT2D eigenvalue weighted by molar-refractivity contribution is 0.385. The van der Waals surface area contributed by atoms with Gasteiger partial charge in [0.2, 0.25) is 10.0 Å². The van der Waals surface area contributed by atoms with E-state index in [9.17, 15) is 17.2 Å². The van der Waals surface area contributed by atoms with E-state index in [1.807, 2.05) is 0 Å². The number of rotatable bonds is 4.